The molecule has 1 fully saturated rings. The van der Waals surface area contributed by atoms with Gasteiger partial charge in [0.05, 0.1) is 6.04 Å². The van der Waals surface area contributed by atoms with Crippen LogP contribution in [0.3, 0.4) is 0 Å². The van der Waals surface area contributed by atoms with Crippen molar-refractivity contribution in [1.29, 1.82) is 0 Å². The van der Waals surface area contributed by atoms with Crippen molar-refractivity contribution in [2.75, 3.05) is 20.6 Å². The Bertz CT molecular complexity index is 1020. The molecular weight excluding hydrogens is 408 g/mol. The van der Waals surface area contributed by atoms with Gasteiger partial charge in [-0.2, -0.15) is 0 Å². The third-order valence-corrected chi connectivity index (χ3v) is 6.88. The van der Waals surface area contributed by atoms with E-state index in [-0.39, 0.29) is 30.0 Å². The molecule has 32 heavy (non-hydrogen) atoms. The molecule has 2 N–H and O–H groups in total. The average molecular weight is 440 g/mol. The Morgan fingerprint density at radius 2 is 1.88 bits per heavy atom. The fourth-order valence-corrected chi connectivity index (χ4v) is 5.18. The van der Waals surface area contributed by atoms with E-state index in [1.165, 1.54) is 6.07 Å². The molecule has 2 aromatic carbocycles. The maximum Gasteiger partial charge on any atom is 0.241 e. The first-order chi connectivity index (χ1) is 15.3. The third kappa shape index (κ3) is 3.86. The van der Waals surface area contributed by atoms with E-state index in [0.29, 0.717) is 5.57 Å². The number of likely N-dealkylation sites (N-methyl/N-ethyl adjacent to an activating group) is 1. The Labute approximate surface area is 188 Å². The van der Waals surface area contributed by atoms with Gasteiger partial charge in [-0.15, -0.1) is 0 Å². The Balaban J connectivity index is 1.93. The van der Waals surface area contributed by atoms with Gasteiger partial charge in [0, 0.05) is 18.2 Å². The van der Waals surface area contributed by atoms with E-state index >= 15 is 0 Å². The lowest BCUT2D eigenvalue weighted by atomic mass is 9.79. The molecule has 1 aliphatic heterocycles. The Hall–Kier alpha value is -2.57. The molecule has 1 heterocycles. The molecule has 1 amide bonds. The van der Waals surface area contributed by atoms with Crippen LogP contribution in [-0.4, -0.2) is 48.4 Å². The van der Waals surface area contributed by atoms with Crippen LogP contribution in [0.15, 0.2) is 54.6 Å². The Morgan fingerprint density at radius 3 is 2.47 bits per heavy atom. The summed E-state index contributed by atoms with van der Waals surface area (Å²) in [7, 11) is 3.97. The van der Waals surface area contributed by atoms with E-state index in [1.807, 2.05) is 50.5 Å². The van der Waals surface area contributed by atoms with Gasteiger partial charge in [0.1, 0.15) is 17.2 Å². The molecule has 0 saturated heterocycles. The highest BCUT2D eigenvalue weighted by Crippen LogP contribution is 2.46. The maximum atomic E-state index is 14.8. The van der Waals surface area contributed by atoms with Crippen molar-refractivity contribution in [3.05, 3.63) is 77.4 Å². The summed E-state index contributed by atoms with van der Waals surface area (Å²) in [5.41, 5.74) is 7.27. The summed E-state index contributed by atoms with van der Waals surface area (Å²) in [5.74, 6) is -0.963. The number of amides is 1. The summed E-state index contributed by atoms with van der Waals surface area (Å²) in [6.07, 6.45) is 4.61. The number of carbonyl (C=O) groups excluding carboxylic acids is 1. The summed E-state index contributed by atoms with van der Waals surface area (Å²) in [6.45, 7) is 2.26. The fraction of sp³-hybridized carbons (Fsp3) is 0.423. The summed E-state index contributed by atoms with van der Waals surface area (Å²) in [4.78, 5) is 17.7. The van der Waals surface area contributed by atoms with Crippen molar-refractivity contribution in [2.24, 2.45) is 11.7 Å². The van der Waals surface area contributed by atoms with Crippen molar-refractivity contribution in [3.8, 4) is 0 Å². The SMILES string of the molecule is CCC(N(C)C)[C@]1(c2ccccc2)C=C(c2cc(F)ccc2F)CN1C(=O)[C@@H](N)C1CC1. The van der Waals surface area contributed by atoms with Crippen molar-refractivity contribution in [1.82, 2.24) is 9.80 Å². The van der Waals surface area contributed by atoms with Crippen molar-refractivity contribution in [3.63, 3.8) is 0 Å². The minimum Gasteiger partial charge on any atom is -0.322 e. The van der Waals surface area contributed by atoms with Gasteiger partial charge in [0.15, 0.2) is 0 Å². The van der Waals surface area contributed by atoms with Crippen LogP contribution in [0.5, 0.6) is 0 Å². The Kier molecular flexibility index (Phi) is 6.19. The van der Waals surface area contributed by atoms with Crippen LogP contribution in [0, 0.1) is 17.6 Å². The average Bonchev–Trinajstić information content (AvgIpc) is 3.56. The highest BCUT2D eigenvalue weighted by molar-refractivity contribution is 5.88. The second kappa shape index (κ2) is 8.75. The van der Waals surface area contributed by atoms with Crippen LogP contribution in [0.2, 0.25) is 0 Å². The highest BCUT2D eigenvalue weighted by atomic mass is 19.1. The fourth-order valence-electron chi connectivity index (χ4n) is 5.18. The van der Waals surface area contributed by atoms with Crippen LogP contribution in [0.25, 0.3) is 5.57 Å². The molecule has 0 aromatic heterocycles. The molecule has 1 aliphatic carbocycles. The predicted octanol–water partition coefficient (Wildman–Crippen LogP) is 4.16. The van der Waals surface area contributed by atoms with Crippen LogP contribution in [0.4, 0.5) is 8.78 Å². The molecule has 4 nitrogen and oxygen atoms in total. The van der Waals surface area contributed by atoms with Crippen molar-refractivity contribution < 1.29 is 13.6 Å². The second-order valence-corrected chi connectivity index (χ2v) is 9.16. The summed E-state index contributed by atoms with van der Waals surface area (Å²) >= 11 is 0. The lowest BCUT2D eigenvalue weighted by molar-refractivity contribution is -0.139. The van der Waals surface area contributed by atoms with Crippen LogP contribution < -0.4 is 5.73 Å². The number of hydrogen-bond acceptors (Lipinski definition) is 3. The van der Waals surface area contributed by atoms with E-state index in [4.69, 9.17) is 5.73 Å². The monoisotopic (exact) mass is 439 g/mol. The number of carbonyl (C=O) groups is 1. The number of nitrogens with zero attached hydrogens (tertiary/aromatic N) is 2. The van der Waals surface area contributed by atoms with E-state index in [2.05, 4.69) is 11.8 Å². The first-order valence-electron chi connectivity index (χ1n) is 11.3. The topological polar surface area (TPSA) is 49.6 Å². The van der Waals surface area contributed by atoms with Crippen LogP contribution in [-0.2, 0) is 10.3 Å². The highest BCUT2D eigenvalue weighted by Gasteiger charge is 2.52. The molecule has 6 heteroatoms. The standard InChI is InChI=1S/C26H31F2N3O/c1-4-23(30(2)3)26(19-8-6-5-7-9-19)15-18(21-14-20(27)12-13-22(21)28)16-31(26)25(32)24(29)17-10-11-17/h5-9,12-15,17,23-24H,4,10-11,16,29H2,1-3H3/t23?,24-,26+/m0/s1. The summed E-state index contributed by atoms with van der Waals surface area (Å²) in [6, 6.07) is 12.6. The molecule has 0 bridgehead atoms. The van der Waals surface area contributed by atoms with Gasteiger partial charge in [-0.3, -0.25) is 4.79 Å². The first-order valence-corrected chi connectivity index (χ1v) is 11.3. The third-order valence-electron chi connectivity index (χ3n) is 6.88. The minimum absolute atomic E-state index is 0.0885. The van der Waals surface area contributed by atoms with E-state index < -0.39 is 23.2 Å². The van der Waals surface area contributed by atoms with E-state index in [1.54, 1.807) is 4.90 Å². The molecule has 1 unspecified atom stereocenters. The largest absolute Gasteiger partial charge is 0.322 e. The lowest BCUT2D eigenvalue weighted by Gasteiger charge is -2.47. The van der Waals surface area contributed by atoms with Gasteiger partial charge in [-0.25, -0.2) is 8.78 Å². The number of benzene rings is 2. The number of halogens is 2. The molecule has 0 radical (unpaired) electrons. The van der Waals surface area contributed by atoms with Gasteiger partial charge < -0.3 is 15.5 Å². The van der Waals surface area contributed by atoms with Crippen molar-refractivity contribution in [2.45, 2.75) is 43.8 Å². The molecule has 3 atom stereocenters. The summed E-state index contributed by atoms with van der Waals surface area (Å²) < 4.78 is 28.9. The van der Waals surface area contributed by atoms with E-state index in [0.717, 1.165) is 37.0 Å². The maximum absolute atomic E-state index is 14.8. The molecule has 2 aliphatic rings. The van der Waals surface area contributed by atoms with Gasteiger partial charge in [0.2, 0.25) is 5.91 Å². The van der Waals surface area contributed by atoms with Gasteiger partial charge >= 0.3 is 0 Å². The number of hydrogen-bond donors (Lipinski definition) is 1. The molecule has 170 valence electrons. The summed E-state index contributed by atoms with van der Waals surface area (Å²) in [5, 5.41) is 0. The molecular formula is C26H31F2N3O. The first kappa shape index (κ1) is 22.6. The normalized spacial score (nSPS) is 22.7. The predicted molar refractivity (Wildman–Crippen MR) is 123 cm³/mol. The molecule has 0 spiro atoms. The van der Waals surface area contributed by atoms with Crippen LogP contribution in [0.1, 0.15) is 37.3 Å². The van der Waals surface area contributed by atoms with Gasteiger partial charge in [-0.05, 0) is 74.7 Å². The molecule has 2 aromatic rings. The van der Waals surface area contributed by atoms with Gasteiger partial charge in [-0.1, -0.05) is 37.3 Å². The minimum atomic E-state index is -0.850. The molecule has 1 saturated carbocycles. The second-order valence-electron chi connectivity index (χ2n) is 9.16. The van der Waals surface area contributed by atoms with Gasteiger partial charge in [0.25, 0.3) is 0 Å². The number of nitrogens with two attached hydrogens (primary N) is 1. The van der Waals surface area contributed by atoms with Crippen LogP contribution >= 0.6 is 0 Å². The number of rotatable bonds is 7. The quantitative estimate of drug-likeness (QED) is 0.705. The zero-order chi connectivity index (χ0) is 23.0. The lowest BCUT2D eigenvalue weighted by Crippen LogP contribution is -2.60. The smallest absolute Gasteiger partial charge is 0.241 e. The Morgan fingerprint density at radius 1 is 1.19 bits per heavy atom. The van der Waals surface area contributed by atoms with Crippen molar-refractivity contribution >= 4 is 11.5 Å². The zero-order valence-corrected chi connectivity index (χ0v) is 18.9. The zero-order valence-electron chi connectivity index (χ0n) is 18.9. The molecule has 4 rings (SSSR count). The van der Waals surface area contributed by atoms with E-state index in [9.17, 15) is 13.6 Å².